The lowest BCUT2D eigenvalue weighted by Crippen LogP contribution is -2.48. The van der Waals surface area contributed by atoms with Crippen molar-refractivity contribution in [2.24, 2.45) is 0 Å². The molecule has 1 atom stereocenters. The van der Waals surface area contributed by atoms with E-state index in [4.69, 9.17) is 9.47 Å². The first-order valence-electron chi connectivity index (χ1n) is 7.25. The molecule has 8 heteroatoms. The fraction of sp³-hybridized carbons (Fsp3) is 0.467. The zero-order valence-corrected chi connectivity index (χ0v) is 13.8. The van der Waals surface area contributed by atoms with Crippen molar-refractivity contribution in [3.8, 4) is 5.75 Å². The van der Waals surface area contributed by atoms with Gasteiger partial charge in [-0.1, -0.05) is 6.07 Å². The SMILES string of the molecule is CC(=O)Nc1cccc(OCCNC(=O)C2CNCCO2)c1.Cl. The molecule has 0 radical (unpaired) electrons. The standard InChI is InChI=1S/C15H21N3O4.ClH/c1-11(19)18-12-3-2-4-13(9-12)21-8-6-17-15(20)14-10-16-5-7-22-14;/h2-4,9,14,16H,5-8,10H2,1H3,(H,17,20)(H,18,19);1H. The van der Waals surface area contributed by atoms with E-state index < -0.39 is 6.10 Å². The summed E-state index contributed by atoms with van der Waals surface area (Å²) in [5.74, 6) is 0.365. The van der Waals surface area contributed by atoms with Gasteiger partial charge in [-0.05, 0) is 12.1 Å². The molecule has 1 saturated heterocycles. The minimum absolute atomic E-state index is 0. The normalized spacial score (nSPS) is 16.8. The second-order valence-corrected chi connectivity index (χ2v) is 4.91. The van der Waals surface area contributed by atoms with Gasteiger partial charge in [-0.15, -0.1) is 12.4 Å². The summed E-state index contributed by atoms with van der Waals surface area (Å²) in [6.07, 6.45) is -0.433. The molecule has 1 aromatic carbocycles. The van der Waals surface area contributed by atoms with Gasteiger partial charge in [0.1, 0.15) is 18.5 Å². The maximum atomic E-state index is 11.8. The Bertz CT molecular complexity index is 521. The molecule has 0 saturated carbocycles. The van der Waals surface area contributed by atoms with Crippen LogP contribution < -0.4 is 20.7 Å². The number of carbonyl (C=O) groups is 2. The molecule has 1 aliphatic heterocycles. The number of rotatable bonds is 6. The van der Waals surface area contributed by atoms with E-state index in [1.54, 1.807) is 24.3 Å². The largest absolute Gasteiger partial charge is 0.492 e. The van der Waals surface area contributed by atoms with Crippen molar-refractivity contribution in [2.45, 2.75) is 13.0 Å². The van der Waals surface area contributed by atoms with Crippen molar-refractivity contribution in [1.82, 2.24) is 10.6 Å². The highest BCUT2D eigenvalue weighted by molar-refractivity contribution is 5.88. The van der Waals surface area contributed by atoms with E-state index in [9.17, 15) is 9.59 Å². The quantitative estimate of drug-likeness (QED) is 0.656. The Balaban J connectivity index is 0.00000264. The Morgan fingerprint density at radius 1 is 1.43 bits per heavy atom. The summed E-state index contributed by atoms with van der Waals surface area (Å²) >= 11 is 0. The third-order valence-corrected chi connectivity index (χ3v) is 3.04. The number of benzene rings is 1. The maximum Gasteiger partial charge on any atom is 0.250 e. The van der Waals surface area contributed by atoms with Gasteiger partial charge >= 0.3 is 0 Å². The Hall–Kier alpha value is -1.83. The van der Waals surface area contributed by atoms with E-state index in [1.165, 1.54) is 6.92 Å². The Kier molecular flexibility index (Phi) is 8.39. The van der Waals surface area contributed by atoms with Crippen LogP contribution in [-0.4, -0.2) is 50.8 Å². The summed E-state index contributed by atoms with van der Waals surface area (Å²) in [7, 11) is 0. The van der Waals surface area contributed by atoms with E-state index in [1.807, 2.05) is 0 Å². The van der Waals surface area contributed by atoms with Crippen LogP contribution in [0.3, 0.4) is 0 Å². The number of morpholine rings is 1. The number of amides is 2. The number of nitrogens with one attached hydrogen (secondary N) is 3. The van der Waals surface area contributed by atoms with Gasteiger partial charge in [0, 0.05) is 31.8 Å². The second kappa shape index (κ2) is 10.0. The van der Waals surface area contributed by atoms with Crippen molar-refractivity contribution >= 4 is 29.9 Å². The van der Waals surface area contributed by atoms with Gasteiger partial charge in [0.2, 0.25) is 5.91 Å². The van der Waals surface area contributed by atoms with Gasteiger partial charge in [-0.2, -0.15) is 0 Å². The predicted molar refractivity (Wildman–Crippen MR) is 89.1 cm³/mol. The number of hydrogen-bond donors (Lipinski definition) is 3. The molecule has 0 aromatic heterocycles. The van der Waals surface area contributed by atoms with Crippen molar-refractivity contribution < 1.29 is 19.1 Å². The first kappa shape index (κ1) is 19.2. The van der Waals surface area contributed by atoms with Crippen LogP contribution in [0.25, 0.3) is 0 Å². The lowest BCUT2D eigenvalue weighted by atomic mass is 10.3. The molecule has 128 valence electrons. The summed E-state index contributed by atoms with van der Waals surface area (Å²) in [6, 6.07) is 7.10. The summed E-state index contributed by atoms with van der Waals surface area (Å²) in [4.78, 5) is 22.8. The predicted octanol–water partition coefficient (Wildman–Crippen LogP) is 0.550. The molecule has 2 rings (SSSR count). The van der Waals surface area contributed by atoms with Gasteiger partial charge in [0.25, 0.3) is 5.91 Å². The molecule has 1 heterocycles. The van der Waals surface area contributed by atoms with E-state index in [-0.39, 0.29) is 24.2 Å². The minimum atomic E-state index is -0.433. The fourth-order valence-corrected chi connectivity index (χ4v) is 2.06. The summed E-state index contributed by atoms with van der Waals surface area (Å²) in [5, 5.41) is 8.56. The van der Waals surface area contributed by atoms with E-state index >= 15 is 0 Å². The monoisotopic (exact) mass is 343 g/mol. The molecule has 0 spiro atoms. The lowest BCUT2D eigenvalue weighted by molar-refractivity contribution is -0.134. The van der Waals surface area contributed by atoms with Gasteiger partial charge in [-0.3, -0.25) is 9.59 Å². The van der Waals surface area contributed by atoms with Gasteiger partial charge < -0.3 is 25.4 Å². The molecular formula is C15H22ClN3O4. The summed E-state index contributed by atoms with van der Waals surface area (Å²) < 4.78 is 10.9. The Morgan fingerprint density at radius 3 is 2.96 bits per heavy atom. The topological polar surface area (TPSA) is 88.7 Å². The number of halogens is 1. The first-order chi connectivity index (χ1) is 10.6. The van der Waals surface area contributed by atoms with Crippen LogP contribution in [0.2, 0.25) is 0 Å². The van der Waals surface area contributed by atoms with Gasteiger partial charge in [0.05, 0.1) is 13.2 Å². The number of anilines is 1. The highest BCUT2D eigenvalue weighted by atomic mass is 35.5. The van der Waals surface area contributed by atoms with E-state index in [0.29, 0.717) is 37.7 Å². The van der Waals surface area contributed by atoms with Crippen molar-refractivity contribution in [2.75, 3.05) is 38.2 Å². The second-order valence-electron chi connectivity index (χ2n) is 4.91. The molecule has 1 unspecified atom stereocenters. The van der Waals surface area contributed by atoms with Gasteiger partial charge in [0.15, 0.2) is 0 Å². The summed E-state index contributed by atoms with van der Waals surface area (Å²) in [5.41, 5.74) is 0.677. The lowest BCUT2D eigenvalue weighted by Gasteiger charge is -2.22. The van der Waals surface area contributed by atoms with Crippen LogP contribution in [0.4, 0.5) is 5.69 Å². The van der Waals surface area contributed by atoms with E-state index in [2.05, 4.69) is 16.0 Å². The Morgan fingerprint density at radius 2 is 2.26 bits per heavy atom. The summed E-state index contributed by atoms with van der Waals surface area (Å²) in [6.45, 7) is 4.04. The van der Waals surface area contributed by atoms with Crippen LogP contribution in [0, 0.1) is 0 Å². The molecule has 1 aliphatic rings. The third-order valence-electron chi connectivity index (χ3n) is 3.04. The molecule has 0 aliphatic carbocycles. The molecule has 7 nitrogen and oxygen atoms in total. The van der Waals surface area contributed by atoms with Crippen LogP contribution in [0.15, 0.2) is 24.3 Å². The van der Waals surface area contributed by atoms with Gasteiger partial charge in [-0.25, -0.2) is 0 Å². The molecule has 0 bridgehead atoms. The van der Waals surface area contributed by atoms with Crippen LogP contribution in [0.1, 0.15) is 6.92 Å². The molecule has 3 N–H and O–H groups in total. The average molecular weight is 344 g/mol. The Labute approximate surface area is 141 Å². The minimum Gasteiger partial charge on any atom is -0.492 e. The number of hydrogen-bond acceptors (Lipinski definition) is 5. The van der Waals surface area contributed by atoms with Crippen molar-refractivity contribution in [3.05, 3.63) is 24.3 Å². The molecule has 2 amide bonds. The zero-order chi connectivity index (χ0) is 15.8. The maximum absolute atomic E-state index is 11.8. The van der Waals surface area contributed by atoms with Crippen LogP contribution in [-0.2, 0) is 14.3 Å². The van der Waals surface area contributed by atoms with Crippen molar-refractivity contribution in [3.63, 3.8) is 0 Å². The fourth-order valence-electron chi connectivity index (χ4n) is 2.06. The first-order valence-corrected chi connectivity index (χ1v) is 7.25. The highest BCUT2D eigenvalue weighted by Crippen LogP contribution is 2.16. The third kappa shape index (κ3) is 6.85. The molecular weight excluding hydrogens is 322 g/mol. The molecule has 1 fully saturated rings. The van der Waals surface area contributed by atoms with E-state index in [0.717, 1.165) is 6.54 Å². The van der Waals surface area contributed by atoms with Crippen LogP contribution in [0.5, 0.6) is 5.75 Å². The molecule has 23 heavy (non-hydrogen) atoms. The zero-order valence-electron chi connectivity index (χ0n) is 13.0. The number of ether oxygens (including phenoxy) is 2. The van der Waals surface area contributed by atoms with Crippen LogP contribution >= 0.6 is 12.4 Å². The smallest absolute Gasteiger partial charge is 0.250 e. The highest BCUT2D eigenvalue weighted by Gasteiger charge is 2.20. The average Bonchev–Trinajstić information content (AvgIpc) is 2.52. The molecule has 1 aromatic rings. The number of carbonyl (C=O) groups excluding carboxylic acids is 2. The van der Waals surface area contributed by atoms with Crippen molar-refractivity contribution in [1.29, 1.82) is 0 Å².